The Kier molecular flexibility index (Phi) is 9.60. The molecule has 2 heterocycles. The Morgan fingerprint density at radius 1 is 1.05 bits per heavy atom. The maximum atomic E-state index is 13.3. The van der Waals surface area contributed by atoms with E-state index >= 15 is 0 Å². The topological polar surface area (TPSA) is 161 Å². The molecule has 1 fully saturated rings. The van der Waals surface area contributed by atoms with Crippen molar-refractivity contribution >= 4 is 27.6 Å². The lowest BCUT2D eigenvalue weighted by Crippen LogP contribution is -2.57. The lowest BCUT2D eigenvalue weighted by Gasteiger charge is -2.29. The second kappa shape index (κ2) is 12.5. The number of urea groups is 1. The Morgan fingerprint density at radius 2 is 1.71 bits per heavy atom. The Morgan fingerprint density at radius 3 is 2.29 bits per heavy atom. The number of amides is 3. The van der Waals surface area contributed by atoms with Gasteiger partial charge in [0.15, 0.2) is 9.84 Å². The van der Waals surface area contributed by atoms with Crippen molar-refractivity contribution < 1.29 is 32.1 Å². The Labute approximate surface area is 222 Å². The minimum absolute atomic E-state index is 0.185. The summed E-state index contributed by atoms with van der Waals surface area (Å²) >= 11 is 0. The molecule has 1 aromatic heterocycles. The second-order valence-electron chi connectivity index (χ2n) is 10.1. The van der Waals surface area contributed by atoms with Gasteiger partial charge in [-0.2, -0.15) is 4.98 Å². The van der Waals surface area contributed by atoms with Crippen LogP contribution in [-0.4, -0.2) is 85.3 Å². The predicted octanol–water partition coefficient (Wildman–Crippen LogP) is 1.47. The molecule has 2 atom stereocenters. The van der Waals surface area contributed by atoms with Crippen molar-refractivity contribution in [1.82, 2.24) is 25.7 Å². The van der Waals surface area contributed by atoms with Crippen LogP contribution in [0.25, 0.3) is 0 Å². The number of carbonyl (C=O) groups is 3. The highest BCUT2D eigenvalue weighted by atomic mass is 32.2. The van der Waals surface area contributed by atoms with E-state index < -0.39 is 50.8 Å². The number of carbonyl (C=O) groups excluding carboxylic acids is 3. The van der Waals surface area contributed by atoms with E-state index in [-0.39, 0.29) is 23.9 Å². The number of Topliss-reactive ketones (excluding diaryl/α,β-unsaturated/α-hetero) is 1. The van der Waals surface area contributed by atoms with Gasteiger partial charge in [-0.05, 0) is 12.0 Å². The molecule has 38 heavy (non-hydrogen) atoms. The Hall–Kier alpha value is -3.32. The number of hydrogen-bond acceptors (Lipinski definition) is 9. The van der Waals surface area contributed by atoms with Crippen LogP contribution in [0.5, 0.6) is 0 Å². The Bertz CT molecular complexity index is 1220. The van der Waals surface area contributed by atoms with E-state index in [1.807, 2.05) is 20.8 Å². The molecule has 3 rings (SSSR count). The van der Waals surface area contributed by atoms with E-state index in [2.05, 4.69) is 20.8 Å². The number of sulfone groups is 1. The van der Waals surface area contributed by atoms with Gasteiger partial charge >= 0.3 is 6.03 Å². The molecule has 0 unspecified atom stereocenters. The fraction of sp³-hybridized carbons (Fsp3) is 0.560. The average molecular weight is 550 g/mol. The van der Waals surface area contributed by atoms with Crippen LogP contribution >= 0.6 is 0 Å². The lowest BCUT2D eigenvalue weighted by molar-refractivity contribution is -0.123. The molecule has 0 saturated carbocycles. The lowest BCUT2D eigenvalue weighted by atomic mass is 9.97. The van der Waals surface area contributed by atoms with Crippen LogP contribution in [0.15, 0.2) is 34.9 Å². The zero-order chi connectivity index (χ0) is 27.9. The van der Waals surface area contributed by atoms with E-state index in [4.69, 9.17) is 9.26 Å². The van der Waals surface area contributed by atoms with Gasteiger partial charge in [0.05, 0.1) is 30.8 Å². The molecular formula is C25H35N5O7S. The third-order valence-electron chi connectivity index (χ3n) is 5.89. The predicted molar refractivity (Wildman–Crippen MR) is 138 cm³/mol. The molecule has 0 radical (unpaired) electrons. The third-order valence-corrected chi connectivity index (χ3v) is 7.51. The minimum Gasteiger partial charge on any atom is -0.378 e. The molecule has 1 aliphatic rings. The number of nitrogens with zero attached hydrogens (tertiary/aromatic N) is 3. The van der Waals surface area contributed by atoms with Crippen LogP contribution < -0.4 is 10.6 Å². The van der Waals surface area contributed by atoms with Crippen molar-refractivity contribution in [3.05, 3.63) is 47.6 Å². The van der Waals surface area contributed by atoms with Gasteiger partial charge in [-0.15, -0.1) is 0 Å². The zero-order valence-corrected chi connectivity index (χ0v) is 22.9. The van der Waals surface area contributed by atoms with Gasteiger partial charge in [0.1, 0.15) is 6.04 Å². The summed E-state index contributed by atoms with van der Waals surface area (Å²) in [5.74, 6) is -2.25. The summed E-state index contributed by atoms with van der Waals surface area (Å²) in [6, 6.07) is 5.47. The first-order chi connectivity index (χ1) is 17.9. The summed E-state index contributed by atoms with van der Waals surface area (Å²) in [4.78, 5) is 44.8. The SMILES string of the molecule is CC[C@H](NC(=O)[C@H](CS(=O)(=O)Cc1ccccc1)NC(=O)N1CCOCC1)C(=O)c1noc(C(C)(C)C)n1. The first-order valence-electron chi connectivity index (χ1n) is 12.5. The largest absolute Gasteiger partial charge is 0.378 e. The Balaban J connectivity index is 1.78. The van der Waals surface area contributed by atoms with Gasteiger partial charge in [-0.25, -0.2) is 13.2 Å². The second-order valence-corrected chi connectivity index (χ2v) is 12.3. The molecule has 1 aliphatic heterocycles. The molecule has 2 aromatic rings. The quantitative estimate of drug-likeness (QED) is 0.418. The molecule has 13 heteroatoms. The number of aromatic nitrogens is 2. The molecule has 12 nitrogen and oxygen atoms in total. The normalized spacial score (nSPS) is 15.9. The van der Waals surface area contributed by atoms with E-state index in [9.17, 15) is 22.8 Å². The smallest absolute Gasteiger partial charge is 0.318 e. The summed E-state index contributed by atoms with van der Waals surface area (Å²) in [6.07, 6.45) is 0.185. The van der Waals surface area contributed by atoms with Crippen molar-refractivity contribution in [1.29, 1.82) is 0 Å². The maximum absolute atomic E-state index is 13.3. The van der Waals surface area contributed by atoms with Crippen molar-refractivity contribution in [2.24, 2.45) is 0 Å². The van der Waals surface area contributed by atoms with Crippen molar-refractivity contribution in [3.8, 4) is 0 Å². The molecule has 2 N–H and O–H groups in total. The van der Waals surface area contributed by atoms with E-state index in [0.717, 1.165) is 0 Å². The van der Waals surface area contributed by atoms with Crippen molar-refractivity contribution in [2.75, 3.05) is 32.1 Å². The van der Waals surface area contributed by atoms with Crippen molar-refractivity contribution in [3.63, 3.8) is 0 Å². The molecule has 0 spiro atoms. The summed E-state index contributed by atoms with van der Waals surface area (Å²) in [5.41, 5.74) is 0.0814. The number of rotatable bonds is 10. The molecule has 208 valence electrons. The van der Waals surface area contributed by atoms with E-state index in [0.29, 0.717) is 31.9 Å². The van der Waals surface area contributed by atoms with Crippen molar-refractivity contribution in [2.45, 2.75) is 57.4 Å². The first kappa shape index (κ1) is 29.2. The summed E-state index contributed by atoms with van der Waals surface area (Å²) in [7, 11) is -3.83. The molecule has 0 bridgehead atoms. The van der Waals surface area contributed by atoms with Gasteiger partial charge in [0.25, 0.3) is 0 Å². The summed E-state index contributed by atoms with van der Waals surface area (Å²) in [5, 5.41) is 8.86. The third kappa shape index (κ3) is 8.09. The highest BCUT2D eigenvalue weighted by molar-refractivity contribution is 7.90. The fourth-order valence-corrected chi connectivity index (χ4v) is 5.30. The summed E-state index contributed by atoms with van der Waals surface area (Å²) in [6.45, 7) is 8.53. The molecule has 3 amide bonds. The first-order valence-corrected chi connectivity index (χ1v) is 14.3. The number of ketones is 1. The number of ether oxygens (including phenoxy) is 1. The van der Waals surface area contributed by atoms with Crippen LogP contribution in [0.4, 0.5) is 4.79 Å². The number of nitrogens with one attached hydrogen (secondary N) is 2. The van der Waals surface area contributed by atoms with Gasteiger partial charge in [-0.1, -0.05) is 63.2 Å². The molecule has 1 aromatic carbocycles. The van der Waals surface area contributed by atoms with Crippen LogP contribution in [-0.2, 0) is 30.5 Å². The average Bonchev–Trinajstić information content (AvgIpc) is 3.38. The maximum Gasteiger partial charge on any atom is 0.318 e. The summed E-state index contributed by atoms with van der Waals surface area (Å²) < 4.78 is 36.5. The van der Waals surface area contributed by atoms with Gasteiger partial charge < -0.3 is 24.8 Å². The van der Waals surface area contributed by atoms with Crippen LogP contribution in [0.2, 0.25) is 0 Å². The van der Waals surface area contributed by atoms with Crippen LogP contribution in [0.1, 0.15) is 56.2 Å². The van der Waals surface area contributed by atoms with Crippen LogP contribution in [0.3, 0.4) is 0 Å². The monoisotopic (exact) mass is 549 g/mol. The van der Waals surface area contributed by atoms with Gasteiger partial charge in [-0.3, -0.25) is 9.59 Å². The van der Waals surface area contributed by atoms with Gasteiger partial charge in [0, 0.05) is 18.5 Å². The minimum atomic E-state index is -3.83. The fourth-order valence-electron chi connectivity index (χ4n) is 3.74. The standard InChI is InChI=1S/C25H35N5O7S/c1-5-18(20(31)21-28-23(37-29-21)25(2,3)4)26-22(32)19(27-24(33)30-11-13-36-14-12-30)16-38(34,35)15-17-9-7-6-8-10-17/h6-10,18-19H,5,11-16H2,1-4H3,(H,26,32)(H,27,33)/t18-,19-/m0/s1. The number of morpholine rings is 1. The highest BCUT2D eigenvalue weighted by Crippen LogP contribution is 2.20. The van der Waals surface area contributed by atoms with Gasteiger partial charge in [0.2, 0.25) is 23.4 Å². The zero-order valence-electron chi connectivity index (χ0n) is 22.1. The molecular weight excluding hydrogens is 514 g/mol. The molecule has 1 saturated heterocycles. The van der Waals surface area contributed by atoms with E-state index in [1.54, 1.807) is 37.3 Å². The highest BCUT2D eigenvalue weighted by Gasteiger charge is 2.33. The number of benzene rings is 1. The molecule has 0 aliphatic carbocycles. The van der Waals surface area contributed by atoms with E-state index in [1.165, 1.54) is 4.90 Å². The number of hydrogen-bond donors (Lipinski definition) is 2. The van der Waals surface area contributed by atoms with Crippen LogP contribution in [0, 0.1) is 0 Å².